The van der Waals surface area contributed by atoms with E-state index in [0.29, 0.717) is 68.9 Å². The molecule has 0 atom stereocenters. The molecule has 3 rings (SSSR count). The van der Waals surface area contributed by atoms with Gasteiger partial charge in [-0.1, -0.05) is 0 Å². The lowest BCUT2D eigenvalue weighted by Crippen LogP contribution is -2.11. The molecule has 1 aromatic carbocycles. The SMILES string of the molecule is Cc1c(C#N)c(NCCS)nc(NCCS)c1N=Nc1snc2ccc(C(=O)O)cc12. The van der Waals surface area contributed by atoms with Crippen molar-refractivity contribution < 1.29 is 9.90 Å². The van der Waals surface area contributed by atoms with E-state index in [9.17, 15) is 15.2 Å². The average molecular weight is 474 g/mol. The van der Waals surface area contributed by atoms with Gasteiger partial charge in [0.2, 0.25) is 0 Å². The number of aromatic carboxylic acids is 1. The number of nitrogens with one attached hydrogen (secondary N) is 2. The highest BCUT2D eigenvalue weighted by molar-refractivity contribution is 7.80. The van der Waals surface area contributed by atoms with Gasteiger partial charge in [0.1, 0.15) is 17.6 Å². The fourth-order valence-electron chi connectivity index (χ4n) is 2.78. The number of aromatic nitrogens is 2. The average Bonchev–Trinajstić information content (AvgIpc) is 3.17. The summed E-state index contributed by atoms with van der Waals surface area (Å²) in [6.45, 7) is 2.87. The number of benzene rings is 1. The maximum Gasteiger partial charge on any atom is 0.335 e. The van der Waals surface area contributed by atoms with Crippen molar-refractivity contribution in [1.29, 1.82) is 5.26 Å². The molecule has 12 heteroatoms. The largest absolute Gasteiger partial charge is 0.478 e. The van der Waals surface area contributed by atoms with E-state index in [1.807, 2.05) is 0 Å². The molecule has 0 saturated carbocycles. The lowest BCUT2D eigenvalue weighted by molar-refractivity contribution is 0.0697. The standard InChI is InChI=1S/C19H19N7O2S3/c1-10-13(9-20)16(21-4-6-29)23-17(22-5-7-30)15(10)24-25-18-12-8-11(19(27)28)2-3-14(12)26-31-18/h2-3,8,29-30H,4-7H2,1H3,(H,27,28)(H2,21,22,23). The van der Waals surface area contributed by atoms with Crippen molar-refractivity contribution in [1.82, 2.24) is 9.36 Å². The molecule has 0 fully saturated rings. The van der Waals surface area contributed by atoms with Gasteiger partial charge in [-0.3, -0.25) is 0 Å². The quantitative estimate of drug-likeness (QED) is 0.225. The lowest BCUT2D eigenvalue weighted by atomic mass is 10.1. The fraction of sp³-hybridized carbons (Fsp3) is 0.263. The van der Waals surface area contributed by atoms with Crippen molar-refractivity contribution in [2.75, 3.05) is 35.2 Å². The zero-order chi connectivity index (χ0) is 22.4. The van der Waals surface area contributed by atoms with Gasteiger partial charge in [0.15, 0.2) is 10.8 Å². The van der Waals surface area contributed by atoms with E-state index >= 15 is 0 Å². The molecule has 0 aliphatic rings. The van der Waals surface area contributed by atoms with Gasteiger partial charge in [-0.2, -0.15) is 34.9 Å². The smallest absolute Gasteiger partial charge is 0.335 e. The molecule has 0 radical (unpaired) electrons. The van der Waals surface area contributed by atoms with Crippen LogP contribution < -0.4 is 10.6 Å². The summed E-state index contributed by atoms with van der Waals surface area (Å²) in [5, 5.41) is 34.9. The Morgan fingerprint density at radius 1 is 1.23 bits per heavy atom. The van der Waals surface area contributed by atoms with Crippen LogP contribution in [0.5, 0.6) is 0 Å². The molecule has 0 unspecified atom stereocenters. The second kappa shape index (κ2) is 10.4. The number of carboxylic acids is 1. The van der Waals surface area contributed by atoms with Crippen molar-refractivity contribution in [3.63, 3.8) is 0 Å². The third-order valence-electron chi connectivity index (χ3n) is 4.28. The van der Waals surface area contributed by atoms with Crippen LogP contribution in [-0.2, 0) is 0 Å². The molecule has 0 bridgehead atoms. The summed E-state index contributed by atoms with van der Waals surface area (Å²) < 4.78 is 4.29. The Bertz CT molecular complexity index is 1190. The fourth-order valence-corrected chi connectivity index (χ4v) is 3.69. The Kier molecular flexibility index (Phi) is 7.67. The summed E-state index contributed by atoms with van der Waals surface area (Å²) in [6.07, 6.45) is 0. The first-order valence-corrected chi connectivity index (χ1v) is 11.2. The van der Waals surface area contributed by atoms with Gasteiger partial charge in [-0.05, 0) is 36.7 Å². The predicted molar refractivity (Wildman–Crippen MR) is 129 cm³/mol. The molecule has 0 amide bonds. The summed E-state index contributed by atoms with van der Waals surface area (Å²) in [4.78, 5) is 15.8. The third kappa shape index (κ3) is 5.07. The van der Waals surface area contributed by atoms with Gasteiger partial charge in [-0.25, -0.2) is 9.78 Å². The summed E-state index contributed by atoms with van der Waals surface area (Å²) >= 11 is 9.52. The van der Waals surface area contributed by atoms with Crippen LogP contribution in [-0.4, -0.2) is 45.0 Å². The second-order valence-corrected chi connectivity index (χ2v) is 7.94. The topological polar surface area (TPSA) is 136 Å². The molecule has 0 aliphatic carbocycles. The molecule has 2 aromatic heterocycles. The third-order valence-corrected chi connectivity index (χ3v) is 5.49. The van der Waals surface area contributed by atoms with Crippen LogP contribution in [0, 0.1) is 18.3 Å². The van der Waals surface area contributed by atoms with Crippen molar-refractivity contribution in [3.05, 3.63) is 34.9 Å². The normalized spacial score (nSPS) is 11.0. The zero-order valence-electron chi connectivity index (χ0n) is 16.5. The van der Waals surface area contributed by atoms with Crippen molar-refractivity contribution in [2.45, 2.75) is 6.92 Å². The monoisotopic (exact) mass is 473 g/mol. The van der Waals surface area contributed by atoms with E-state index in [1.54, 1.807) is 13.0 Å². The highest BCUT2D eigenvalue weighted by Crippen LogP contribution is 2.37. The molecule has 9 nitrogen and oxygen atoms in total. The van der Waals surface area contributed by atoms with Gasteiger partial charge in [0.05, 0.1) is 16.6 Å². The first-order chi connectivity index (χ1) is 15.0. The van der Waals surface area contributed by atoms with Crippen LogP contribution in [0.2, 0.25) is 0 Å². The van der Waals surface area contributed by atoms with Crippen LogP contribution >= 0.6 is 36.8 Å². The number of nitriles is 1. The molecule has 0 saturated heterocycles. The summed E-state index contributed by atoms with van der Waals surface area (Å²) in [6, 6.07) is 6.82. The summed E-state index contributed by atoms with van der Waals surface area (Å²) in [5.41, 5.74) is 2.19. The van der Waals surface area contributed by atoms with E-state index in [4.69, 9.17) is 0 Å². The maximum atomic E-state index is 11.3. The van der Waals surface area contributed by atoms with Gasteiger partial charge < -0.3 is 15.7 Å². The number of carbonyl (C=O) groups is 1. The van der Waals surface area contributed by atoms with E-state index in [1.165, 1.54) is 12.1 Å². The molecular formula is C19H19N7O2S3. The number of anilines is 2. The van der Waals surface area contributed by atoms with Gasteiger partial charge in [0.25, 0.3) is 0 Å². The number of thiol groups is 2. The number of rotatable bonds is 9. The molecule has 0 spiro atoms. The number of hydrogen-bond acceptors (Lipinski definition) is 11. The Morgan fingerprint density at radius 2 is 1.94 bits per heavy atom. The molecule has 3 aromatic rings. The zero-order valence-corrected chi connectivity index (χ0v) is 19.1. The van der Waals surface area contributed by atoms with Crippen LogP contribution in [0.25, 0.3) is 10.9 Å². The van der Waals surface area contributed by atoms with E-state index in [-0.39, 0.29) is 5.56 Å². The molecule has 3 N–H and O–H groups in total. The van der Waals surface area contributed by atoms with E-state index in [0.717, 1.165) is 11.5 Å². The minimum Gasteiger partial charge on any atom is -0.478 e. The molecular weight excluding hydrogens is 454 g/mol. The van der Waals surface area contributed by atoms with Crippen LogP contribution in [0.3, 0.4) is 0 Å². The highest BCUT2D eigenvalue weighted by Gasteiger charge is 2.17. The predicted octanol–water partition coefficient (Wildman–Crippen LogP) is 4.67. The number of fused-ring (bicyclic) bond motifs is 1. The minimum atomic E-state index is -1.03. The van der Waals surface area contributed by atoms with E-state index < -0.39 is 5.97 Å². The van der Waals surface area contributed by atoms with Gasteiger partial charge in [0, 0.05) is 35.5 Å². The number of nitrogens with zero attached hydrogens (tertiary/aromatic N) is 5. The molecule has 31 heavy (non-hydrogen) atoms. The molecule has 2 heterocycles. The van der Waals surface area contributed by atoms with Crippen molar-refractivity contribution in [2.24, 2.45) is 10.2 Å². The van der Waals surface area contributed by atoms with E-state index in [2.05, 4.69) is 61.5 Å². The van der Waals surface area contributed by atoms with Gasteiger partial charge in [-0.15, -0.1) is 10.2 Å². The minimum absolute atomic E-state index is 0.143. The van der Waals surface area contributed by atoms with Crippen molar-refractivity contribution >= 4 is 76.0 Å². The number of pyridine rings is 1. The number of carboxylic acid groups (broad SMARTS) is 1. The summed E-state index contributed by atoms with van der Waals surface area (Å²) in [7, 11) is 0. The lowest BCUT2D eigenvalue weighted by Gasteiger charge is -2.14. The number of hydrogen-bond donors (Lipinski definition) is 5. The first-order valence-electron chi connectivity index (χ1n) is 9.18. The Labute approximate surface area is 193 Å². The Morgan fingerprint density at radius 3 is 2.58 bits per heavy atom. The second-order valence-electron chi connectivity index (χ2n) is 6.30. The maximum absolute atomic E-state index is 11.3. The molecule has 0 aliphatic heterocycles. The summed E-state index contributed by atoms with van der Waals surface area (Å²) in [5.74, 6) is 1.05. The first kappa shape index (κ1) is 22.8. The Hall–Kier alpha value is -2.88. The Balaban J connectivity index is 2.08. The van der Waals surface area contributed by atoms with Crippen LogP contribution in [0.1, 0.15) is 21.5 Å². The van der Waals surface area contributed by atoms with Crippen molar-refractivity contribution in [3.8, 4) is 6.07 Å². The number of azo groups is 1. The molecule has 160 valence electrons. The van der Waals surface area contributed by atoms with Gasteiger partial charge >= 0.3 is 5.97 Å². The highest BCUT2D eigenvalue weighted by atomic mass is 32.1. The van der Waals surface area contributed by atoms with Crippen LogP contribution in [0.4, 0.5) is 22.3 Å². The van der Waals surface area contributed by atoms with Crippen LogP contribution in [0.15, 0.2) is 28.4 Å².